The van der Waals surface area contributed by atoms with Gasteiger partial charge in [0.15, 0.2) is 0 Å². The predicted molar refractivity (Wildman–Crippen MR) is 89.6 cm³/mol. The summed E-state index contributed by atoms with van der Waals surface area (Å²) in [5.41, 5.74) is 7.88. The van der Waals surface area contributed by atoms with Gasteiger partial charge < -0.3 is 11.1 Å². The first-order chi connectivity index (χ1) is 10.4. The van der Waals surface area contributed by atoms with Gasteiger partial charge >= 0.3 is 0 Å². The van der Waals surface area contributed by atoms with E-state index in [1.54, 1.807) is 0 Å². The molecule has 0 unspecified atom stereocenters. The monoisotopic (exact) mass is 300 g/mol. The molecule has 2 aliphatic carbocycles. The van der Waals surface area contributed by atoms with E-state index in [-0.39, 0.29) is 11.4 Å². The lowest BCUT2D eigenvalue weighted by Gasteiger charge is -2.30. The lowest BCUT2D eigenvalue weighted by Crippen LogP contribution is -2.45. The minimum absolute atomic E-state index is 0.137. The Labute approximate surface area is 133 Å². The van der Waals surface area contributed by atoms with Gasteiger partial charge in [-0.15, -0.1) is 0 Å². The van der Waals surface area contributed by atoms with Crippen molar-refractivity contribution in [2.24, 2.45) is 5.73 Å². The van der Waals surface area contributed by atoms with Crippen molar-refractivity contribution in [3.8, 4) is 0 Å². The van der Waals surface area contributed by atoms with Gasteiger partial charge in [0.1, 0.15) is 0 Å². The normalized spacial score (nSPS) is 21.4. The molecule has 1 aromatic rings. The summed E-state index contributed by atoms with van der Waals surface area (Å²) >= 11 is 0. The average molecular weight is 300 g/mol. The zero-order valence-corrected chi connectivity index (χ0v) is 13.8. The molecule has 0 aliphatic heterocycles. The maximum atomic E-state index is 12.8. The van der Waals surface area contributed by atoms with Crippen LogP contribution in [-0.2, 0) is 15.7 Å². The fourth-order valence-electron chi connectivity index (χ4n) is 3.38. The molecule has 3 N–H and O–H groups in total. The van der Waals surface area contributed by atoms with Crippen LogP contribution in [0, 0.1) is 0 Å². The Morgan fingerprint density at radius 1 is 1.23 bits per heavy atom. The largest absolute Gasteiger partial charge is 0.353 e. The third kappa shape index (κ3) is 3.05. The second kappa shape index (κ2) is 5.69. The number of hydrogen-bond acceptors (Lipinski definition) is 2. The number of benzene rings is 1. The standard InChI is InChI=1S/C19H28N2O/c1-18(2,17(22)21-16-9-4-3-5-10-16)14-7-6-8-15(13-14)19(20)11-12-19/h6-8,13,16H,3-5,9-12,20H2,1-2H3,(H,21,22). The van der Waals surface area contributed by atoms with E-state index in [1.807, 2.05) is 19.9 Å². The number of amides is 1. The Morgan fingerprint density at radius 3 is 2.55 bits per heavy atom. The van der Waals surface area contributed by atoms with Gasteiger partial charge in [0.05, 0.1) is 5.41 Å². The molecule has 0 bridgehead atoms. The number of nitrogens with one attached hydrogen (secondary N) is 1. The highest BCUT2D eigenvalue weighted by molar-refractivity contribution is 5.87. The van der Waals surface area contributed by atoms with Crippen LogP contribution in [0.1, 0.15) is 69.9 Å². The highest BCUT2D eigenvalue weighted by atomic mass is 16.2. The van der Waals surface area contributed by atoms with Crippen molar-refractivity contribution < 1.29 is 4.79 Å². The van der Waals surface area contributed by atoms with Gasteiger partial charge in [-0.05, 0) is 50.7 Å². The fraction of sp³-hybridized carbons (Fsp3) is 0.632. The topological polar surface area (TPSA) is 55.1 Å². The Balaban J connectivity index is 1.75. The fourth-order valence-corrected chi connectivity index (χ4v) is 3.38. The molecule has 120 valence electrons. The second-order valence-corrected chi connectivity index (χ2v) is 7.67. The van der Waals surface area contributed by atoms with Gasteiger partial charge in [0, 0.05) is 11.6 Å². The number of carbonyl (C=O) groups is 1. The Morgan fingerprint density at radius 2 is 1.91 bits per heavy atom. The van der Waals surface area contributed by atoms with Crippen LogP contribution in [-0.4, -0.2) is 11.9 Å². The predicted octanol–water partition coefficient (Wildman–Crippen LogP) is 3.36. The molecule has 0 radical (unpaired) electrons. The van der Waals surface area contributed by atoms with E-state index in [2.05, 4.69) is 23.5 Å². The highest BCUT2D eigenvalue weighted by Crippen LogP contribution is 2.43. The van der Waals surface area contributed by atoms with Gasteiger partial charge in [-0.2, -0.15) is 0 Å². The lowest BCUT2D eigenvalue weighted by atomic mass is 9.81. The SMILES string of the molecule is CC(C)(C(=O)NC1CCCCC1)c1cccc(C2(N)CC2)c1. The van der Waals surface area contributed by atoms with Gasteiger partial charge in [0.2, 0.25) is 5.91 Å². The van der Waals surface area contributed by atoms with Crippen molar-refractivity contribution in [1.29, 1.82) is 0 Å². The van der Waals surface area contributed by atoms with Gasteiger partial charge in [-0.3, -0.25) is 4.79 Å². The molecule has 3 nitrogen and oxygen atoms in total. The number of hydrogen-bond donors (Lipinski definition) is 2. The Bertz CT molecular complexity index is 554. The highest BCUT2D eigenvalue weighted by Gasteiger charge is 2.41. The average Bonchev–Trinajstić information content (AvgIpc) is 3.27. The molecular formula is C19H28N2O. The van der Waals surface area contributed by atoms with Gasteiger partial charge in [-0.25, -0.2) is 0 Å². The third-order valence-electron chi connectivity index (χ3n) is 5.46. The Kier molecular flexibility index (Phi) is 4.02. The first-order valence-corrected chi connectivity index (χ1v) is 8.63. The summed E-state index contributed by atoms with van der Waals surface area (Å²) in [4.78, 5) is 12.8. The summed E-state index contributed by atoms with van der Waals surface area (Å²) in [5, 5.41) is 3.26. The van der Waals surface area contributed by atoms with Crippen LogP contribution in [0.15, 0.2) is 24.3 Å². The molecular weight excluding hydrogens is 272 g/mol. The van der Waals surface area contributed by atoms with Gasteiger partial charge in [0.25, 0.3) is 0 Å². The molecule has 2 saturated carbocycles. The molecule has 0 saturated heterocycles. The van der Waals surface area contributed by atoms with Crippen LogP contribution in [0.3, 0.4) is 0 Å². The molecule has 22 heavy (non-hydrogen) atoms. The summed E-state index contributed by atoms with van der Waals surface area (Å²) < 4.78 is 0. The molecule has 3 rings (SSSR count). The molecule has 1 amide bonds. The molecule has 0 spiro atoms. The first kappa shape index (κ1) is 15.5. The minimum atomic E-state index is -0.515. The third-order valence-corrected chi connectivity index (χ3v) is 5.46. The lowest BCUT2D eigenvalue weighted by molar-refractivity contribution is -0.126. The molecule has 3 heteroatoms. The summed E-state index contributed by atoms with van der Waals surface area (Å²) in [5.74, 6) is 0.137. The smallest absolute Gasteiger partial charge is 0.230 e. The van der Waals surface area contributed by atoms with Gasteiger partial charge in [-0.1, -0.05) is 43.5 Å². The van der Waals surface area contributed by atoms with Crippen LogP contribution >= 0.6 is 0 Å². The van der Waals surface area contributed by atoms with Crippen molar-refractivity contribution >= 4 is 5.91 Å². The molecule has 2 fully saturated rings. The van der Waals surface area contributed by atoms with Crippen LogP contribution in [0.2, 0.25) is 0 Å². The zero-order chi connectivity index (χ0) is 15.8. The van der Waals surface area contributed by atoms with E-state index in [0.717, 1.165) is 31.2 Å². The summed E-state index contributed by atoms with van der Waals surface area (Å²) in [6, 6.07) is 8.66. The zero-order valence-electron chi connectivity index (χ0n) is 13.8. The number of carbonyl (C=O) groups excluding carboxylic acids is 1. The maximum Gasteiger partial charge on any atom is 0.230 e. The van der Waals surface area contributed by atoms with Crippen molar-refractivity contribution in [2.45, 2.75) is 75.8 Å². The molecule has 1 aromatic carbocycles. The summed E-state index contributed by atoms with van der Waals surface area (Å²) in [6.07, 6.45) is 8.10. The minimum Gasteiger partial charge on any atom is -0.353 e. The summed E-state index contributed by atoms with van der Waals surface area (Å²) in [7, 11) is 0. The molecule has 0 atom stereocenters. The van der Waals surface area contributed by atoms with Crippen LogP contribution in [0.25, 0.3) is 0 Å². The van der Waals surface area contributed by atoms with Crippen LogP contribution in [0.4, 0.5) is 0 Å². The van der Waals surface area contributed by atoms with E-state index in [0.29, 0.717) is 6.04 Å². The van der Waals surface area contributed by atoms with Crippen molar-refractivity contribution in [3.05, 3.63) is 35.4 Å². The number of rotatable bonds is 4. The van der Waals surface area contributed by atoms with Crippen molar-refractivity contribution in [3.63, 3.8) is 0 Å². The molecule has 0 heterocycles. The van der Waals surface area contributed by atoms with Crippen LogP contribution < -0.4 is 11.1 Å². The maximum absolute atomic E-state index is 12.8. The number of nitrogens with two attached hydrogens (primary N) is 1. The van der Waals surface area contributed by atoms with E-state index in [9.17, 15) is 4.79 Å². The van der Waals surface area contributed by atoms with E-state index in [1.165, 1.54) is 24.8 Å². The quantitative estimate of drug-likeness (QED) is 0.896. The van der Waals surface area contributed by atoms with E-state index < -0.39 is 5.41 Å². The Hall–Kier alpha value is -1.35. The molecule has 0 aromatic heterocycles. The molecule has 2 aliphatic rings. The van der Waals surface area contributed by atoms with Crippen molar-refractivity contribution in [1.82, 2.24) is 5.32 Å². The first-order valence-electron chi connectivity index (χ1n) is 8.63. The van der Waals surface area contributed by atoms with Crippen LogP contribution in [0.5, 0.6) is 0 Å². The van der Waals surface area contributed by atoms with E-state index >= 15 is 0 Å². The second-order valence-electron chi connectivity index (χ2n) is 7.67. The van der Waals surface area contributed by atoms with Crippen molar-refractivity contribution in [2.75, 3.05) is 0 Å². The van der Waals surface area contributed by atoms with E-state index in [4.69, 9.17) is 5.73 Å². The summed E-state index contributed by atoms with van der Waals surface area (Å²) in [6.45, 7) is 4.03.